The molecule has 0 unspecified atom stereocenters. The van der Waals surface area contributed by atoms with Crippen LogP contribution in [-0.4, -0.2) is 19.2 Å². The molecule has 1 aromatic carbocycles. The molecule has 1 aliphatic heterocycles. The van der Waals surface area contributed by atoms with Crippen LogP contribution in [0.1, 0.15) is 18.1 Å². The monoisotopic (exact) mass is 218 g/mol. The summed E-state index contributed by atoms with van der Waals surface area (Å²) in [5.74, 6) is 0.616. The zero-order valence-electron chi connectivity index (χ0n) is 9.23. The van der Waals surface area contributed by atoms with E-state index in [0.29, 0.717) is 6.61 Å². The Bertz CT molecular complexity index is 421. The van der Waals surface area contributed by atoms with Crippen molar-refractivity contribution in [1.29, 1.82) is 0 Å². The lowest BCUT2D eigenvalue weighted by molar-refractivity contribution is -0.137. The maximum Gasteiger partial charge on any atom is 0.330 e. The van der Waals surface area contributed by atoms with Crippen molar-refractivity contribution in [2.24, 2.45) is 0 Å². The van der Waals surface area contributed by atoms with Crippen molar-refractivity contribution in [2.45, 2.75) is 13.3 Å². The molecule has 1 aromatic rings. The predicted octanol–water partition coefficient (Wildman–Crippen LogP) is 2.20. The van der Waals surface area contributed by atoms with Crippen molar-refractivity contribution in [1.82, 2.24) is 0 Å². The summed E-state index contributed by atoms with van der Waals surface area (Å²) < 4.78 is 10.3. The second-order valence-corrected chi connectivity index (χ2v) is 3.51. The van der Waals surface area contributed by atoms with Gasteiger partial charge in [0.15, 0.2) is 0 Å². The van der Waals surface area contributed by atoms with Crippen molar-refractivity contribution in [2.75, 3.05) is 13.2 Å². The molecule has 0 amide bonds. The van der Waals surface area contributed by atoms with Crippen LogP contribution >= 0.6 is 0 Å². The number of carbonyl (C=O) groups excluding carboxylic acids is 1. The Hall–Kier alpha value is -1.77. The van der Waals surface area contributed by atoms with Crippen LogP contribution in [0.3, 0.4) is 0 Å². The SMILES string of the molecule is CCOC(=O)C=Cc1cccc2c1CCO2. The van der Waals surface area contributed by atoms with Crippen LogP contribution < -0.4 is 4.74 Å². The van der Waals surface area contributed by atoms with Crippen LogP contribution in [0.2, 0.25) is 0 Å². The zero-order valence-corrected chi connectivity index (χ0v) is 9.23. The van der Waals surface area contributed by atoms with E-state index in [-0.39, 0.29) is 5.97 Å². The van der Waals surface area contributed by atoms with Crippen molar-refractivity contribution >= 4 is 12.0 Å². The molecular formula is C13H14O3. The van der Waals surface area contributed by atoms with Gasteiger partial charge in [0.2, 0.25) is 0 Å². The first-order chi connectivity index (χ1) is 7.81. The van der Waals surface area contributed by atoms with E-state index in [1.165, 1.54) is 11.6 Å². The smallest absolute Gasteiger partial charge is 0.330 e. The van der Waals surface area contributed by atoms with Crippen molar-refractivity contribution in [3.8, 4) is 5.75 Å². The predicted molar refractivity (Wildman–Crippen MR) is 61.3 cm³/mol. The van der Waals surface area contributed by atoms with Gasteiger partial charge >= 0.3 is 5.97 Å². The number of ether oxygens (including phenoxy) is 2. The Labute approximate surface area is 94.7 Å². The topological polar surface area (TPSA) is 35.5 Å². The molecule has 0 bridgehead atoms. The van der Waals surface area contributed by atoms with Crippen LogP contribution in [0.15, 0.2) is 24.3 Å². The molecule has 0 aliphatic carbocycles. The Kier molecular flexibility index (Phi) is 3.25. The highest BCUT2D eigenvalue weighted by Crippen LogP contribution is 2.28. The molecule has 0 spiro atoms. The number of esters is 1. The van der Waals surface area contributed by atoms with Gasteiger partial charge in [-0.3, -0.25) is 0 Å². The maximum absolute atomic E-state index is 11.2. The summed E-state index contributed by atoms with van der Waals surface area (Å²) in [7, 11) is 0. The van der Waals surface area contributed by atoms with Crippen molar-refractivity contribution in [3.05, 3.63) is 35.4 Å². The van der Waals surface area contributed by atoms with Crippen LogP contribution in [0.5, 0.6) is 5.75 Å². The van der Waals surface area contributed by atoms with Crippen molar-refractivity contribution in [3.63, 3.8) is 0 Å². The van der Waals surface area contributed by atoms with Gasteiger partial charge < -0.3 is 9.47 Å². The molecule has 1 heterocycles. The van der Waals surface area contributed by atoms with E-state index in [1.807, 2.05) is 18.2 Å². The van der Waals surface area contributed by atoms with Crippen molar-refractivity contribution < 1.29 is 14.3 Å². The summed E-state index contributed by atoms with van der Waals surface area (Å²) in [4.78, 5) is 11.2. The van der Waals surface area contributed by atoms with Gasteiger partial charge in [-0.1, -0.05) is 12.1 Å². The summed E-state index contributed by atoms with van der Waals surface area (Å²) in [5.41, 5.74) is 2.20. The largest absolute Gasteiger partial charge is 0.493 e. The minimum atomic E-state index is -0.306. The Morgan fingerprint density at radius 3 is 3.25 bits per heavy atom. The lowest BCUT2D eigenvalue weighted by atomic mass is 10.0. The van der Waals surface area contributed by atoms with E-state index in [9.17, 15) is 4.79 Å². The average Bonchev–Trinajstić information content (AvgIpc) is 2.75. The van der Waals surface area contributed by atoms with E-state index >= 15 is 0 Å². The normalized spacial score (nSPS) is 13.6. The van der Waals surface area contributed by atoms with Gasteiger partial charge in [-0.25, -0.2) is 4.79 Å². The van der Waals surface area contributed by atoms with Gasteiger partial charge in [0.05, 0.1) is 13.2 Å². The zero-order chi connectivity index (χ0) is 11.4. The molecule has 84 valence electrons. The number of benzene rings is 1. The van der Waals surface area contributed by atoms with Gasteiger partial charge in [-0.15, -0.1) is 0 Å². The molecule has 3 heteroatoms. The van der Waals surface area contributed by atoms with Gasteiger partial charge in [0.25, 0.3) is 0 Å². The quantitative estimate of drug-likeness (QED) is 0.576. The summed E-state index contributed by atoms with van der Waals surface area (Å²) in [6.07, 6.45) is 4.14. The van der Waals surface area contributed by atoms with E-state index in [4.69, 9.17) is 9.47 Å². The molecule has 0 saturated carbocycles. The molecule has 0 saturated heterocycles. The number of carbonyl (C=O) groups is 1. The third-order valence-corrected chi connectivity index (χ3v) is 2.46. The number of fused-ring (bicyclic) bond motifs is 1. The lowest BCUT2D eigenvalue weighted by Gasteiger charge is -2.01. The highest BCUT2D eigenvalue weighted by molar-refractivity contribution is 5.87. The third-order valence-electron chi connectivity index (χ3n) is 2.46. The molecule has 0 fully saturated rings. The van der Waals surface area contributed by atoms with Gasteiger partial charge in [0.1, 0.15) is 5.75 Å². The van der Waals surface area contributed by atoms with Gasteiger partial charge in [0, 0.05) is 18.1 Å². The highest BCUT2D eigenvalue weighted by Gasteiger charge is 2.13. The molecule has 0 atom stereocenters. The first-order valence-electron chi connectivity index (χ1n) is 5.41. The Morgan fingerprint density at radius 2 is 2.44 bits per heavy atom. The van der Waals surface area contributed by atoms with Gasteiger partial charge in [-0.05, 0) is 24.6 Å². The summed E-state index contributed by atoms with van der Waals surface area (Å²) in [5, 5.41) is 0. The molecule has 0 N–H and O–H groups in total. The van der Waals surface area contributed by atoms with Crippen LogP contribution in [0.25, 0.3) is 6.08 Å². The molecule has 1 aliphatic rings. The lowest BCUT2D eigenvalue weighted by Crippen LogP contribution is -1.98. The molecule has 0 radical (unpaired) electrons. The second kappa shape index (κ2) is 4.84. The fourth-order valence-electron chi connectivity index (χ4n) is 1.75. The summed E-state index contributed by atoms with van der Waals surface area (Å²) >= 11 is 0. The highest BCUT2D eigenvalue weighted by atomic mass is 16.5. The Morgan fingerprint density at radius 1 is 1.56 bits per heavy atom. The molecular weight excluding hydrogens is 204 g/mol. The third kappa shape index (κ3) is 2.24. The minimum Gasteiger partial charge on any atom is -0.493 e. The standard InChI is InChI=1S/C13H14O3/c1-2-15-13(14)7-6-10-4-3-5-12-11(10)8-9-16-12/h3-7H,2,8-9H2,1H3. The first-order valence-corrected chi connectivity index (χ1v) is 5.41. The minimum absolute atomic E-state index is 0.306. The number of hydrogen-bond acceptors (Lipinski definition) is 3. The molecule has 16 heavy (non-hydrogen) atoms. The van der Waals surface area contributed by atoms with E-state index < -0.39 is 0 Å². The number of rotatable bonds is 3. The van der Waals surface area contributed by atoms with Gasteiger partial charge in [-0.2, -0.15) is 0 Å². The van der Waals surface area contributed by atoms with E-state index in [1.54, 1.807) is 13.0 Å². The fraction of sp³-hybridized carbons (Fsp3) is 0.308. The molecule has 3 nitrogen and oxygen atoms in total. The second-order valence-electron chi connectivity index (χ2n) is 3.51. The van der Waals surface area contributed by atoms with Crippen LogP contribution in [0.4, 0.5) is 0 Å². The molecule has 2 rings (SSSR count). The van der Waals surface area contributed by atoms with E-state index in [0.717, 1.165) is 24.3 Å². The fourth-order valence-corrected chi connectivity index (χ4v) is 1.75. The van der Waals surface area contributed by atoms with Crippen LogP contribution in [-0.2, 0) is 16.0 Å². The number of hydrogen-bond donors (Lipinski definition) is 0. The first kappa shape index (κ1) is 10.7. The molecule has 0 aromatic heterocycles. The average molecular weight is 218 g/mol. The summed E-state index contributed by atoms with van der Waals surface area (Å²) in [6.45, 7) is 2.92. The maximum atomic E-state index is 11.2. The van der Waals surface area contributed by atoms with E-state index in [2.05, 4.69) is 0 Å². The Balaban J connectivity index is 2.16. The van der Waals surface area contributed by atoms with Crippen LogP contribution in [0, 0.1) is 0 Å². The summed E-state index contributed by atoms with van der Waals surface area (Å²) in [6, 6.07) is 5.85.